The molecule has 0 aromatic heterocycles. The largest absolute Gasteiger partial charge is 0.490 e. The summed E-state index contributed by atoms with van der Waals surface area (Å²) < 4.78 is 12.2. The Morgan fingerprint density at radius 2 is 1.56 bits per heavy atom. The summed E-state index contributed by atoms with van der Waals surface area (Å²) in [4.78, 5) is 38.7. The number of hydrogen-bond donors (Lipinski definition) is 1. The number of barbiturate groups is 1. The summed E-state index contributed by atoms with van der Waals surface area (Å²) in [6.07, 6.45) is 1.44. The number of carbonyl (C=O) groups is 3. The molecule has 1 aliphatic heterocycles. The second kappa shape index (κ2) is 10.4. The molecule has 4 rings (SSSR count). The van der Waals surface area contributed by atoms with Crippen molar-refractivity contribution >= 4 is 45.5 Å². The predicted octanol–water partition coefficient (Wildman–Crippen LogP) is 4.88. The molecule has 0 atom stereocenters. The Balaban J connectivity index is 1.44. The Morgan fingerprint density at radius 1 is 0.882 bits per heavy atom. The van der Waals surface area contributed by atoms with Crippen LogP contribution in [0, 0.1) is 6.92 Å². The first kappa shape index (κ1) is 23.3. The highest BCUT2D eigenvalue weighted by atomic mass is 79.9. The number of halogens is 1. The quantitative estimate of drug-likeness (QED) is 0.272. The standard InChI is InChI=1S/C26H21BrN2O5/c1-17-5-11-21(12-6-17)33-13-14-34-22-4-2-3-18(15-22)16-23-24(30)28-26(32)29(25(23)31)20-9-7-19(27)8-10-20/h2-12,15-16H,13-14H2,1H3,(H,28,30,32). The van der Waals surface area contributed by atoms with Gasteiger partial charge in [-0.2, -0.15) is 0 Å². The van der Waals surface area contributed by atoms with Crippen LogP contribution in [-0.2, 0) is 9.59 Å². The van der Waals surface area contributed by atoms with Crippen LogP contribution in [0.1, 0.15) is 11.1 Å². The van der Waals surface area contributed by atoms with Gasteiger partial charge in [0.25, 0.3) is 11.8 Å². The molecule has 0 bridgehead atoms. The number of ether oxygens (including phenoxy) is 2. The van der Waals surface area contributed by atoms with E-state index >= 15 is 0 Å². The van der Waals surface area contributed by atoms with Gasteiger partial charge in [0, 0.05) is 4.47 Å². The van der Waals surface area contributed by atoms with E-state index in [2.05, 4.69) is 21.2 Å². The third-order valence-corrected chi connectivity index (χ3v) is 5.53. The molecule has 1 aliphatic rings. The monoisotopic (exact) mass is 520 g/mol. The van der Waals surface area contributed by atoms with E-state index in [4.69, 9.17) is 9.47 Å². The van der Waals surface area contributed by atoms with Gasteiger partial charge >= 0.3 is 6.03 Å². The average molecular weight is 521 g/mol. The molecule has 0 aliphatic carbocycles. The first-order valence-electron chi connectivity index (χ1n) is 10.5. The molecule has 7 nitrogen and oxygen atoms in total. The number of anilines is 1. The van der Waals surface area contributed by atoms with Gasteiger partial charge in [-0.15, -0.1) is 0 Å². The zero-order chi connectivity index (χ0) is 24.1. The maximum Gasteiger partial charge on any atom is 0.335 e. The normalized spacial score (nSPS) is 14.8. The molecule has 0 spiro atoms. The molecule has 0 saturated carbocycles. The molecule has 0 unspecified atom stereocenters. The van der Waals surface area contributed by atoms with E-state index in [0.717, 1.165) is 20.7 Å². The summed E-state index contributed by atoms with van der Waals surface area (Å²) in [6.45, 7) is 2.69. The molecule has 172 valence electrons. The molecule has 1 heterocycles. The van der Waals surface area contributed by atoms with Crippen LogP contribution in [0.15, 0.2) is 82.8 Å². The van der Waals surface area contributed by atoms with Crippen molar-refractivity contribution in [1.29, 1.82) is 0 Å². The summed E-state index contributed by atoms with van der Waals surface area (Å²) in [7, 11) is 0. The highest BCUT2D eigenvalue weighted by Crippen LogP contribution is 2.24. The maximum absolute atomic E-state index is 13.0. The minimum atomic E-state index is -0.792. The minimum absolute atomic E-state index is 0.151. The summed E-state index contributed by atoms with van der Waals surface area (Å²) in [5.74, 6) is -0.124. The number of nitrogens with zero attached hydrogens (tertiary/aromatic N) is 1. The Labute approximate surface area is 205 Å². The van der Waals surface area contributed by atoms with E-state index in [1.54, 1.807) is 48.5 Å². The fourth-order valence-corrected chi connectivity index (χ4v) is 3.56. The lowest BCUT2D eigenvalue weighted by atomic mass is 10.1. The van der Waals surface area contributed by atoms with Gasteiger partial charge in [0.15, 0.2) is 0 Å². The zero-order valence-corrected chi connectivity index (χ0v) is 19.9. The Kier molecular flexibility index (Phi) is 7.08. The molecule has 8 heteroatoms. The van der Waals surface area contributed by atoms with Gasteiger partial charge in [0.1, 0.15) is 30.3 Å². The van der Waals surface area contributed by atoms with Crippen LogP contribution in [0.3, 0.4) is 0 Å². The fourth-order valence-electron chi connectivity index (χ4n) is 3.30. The number of imide groups is 2. The van der Waals surface area contributed by atoms with Gasteiger partial charge in [0.05, 0.1) is 5.69 Å². The van der Waals surface area contributed by atoms with E-state index in [1.807, 2.05) is 31.2 Å². The van der Waals surface area contributed by atoms with Gasteiger partial charge in [0.2, 0.25) is 0 Å². The number of amides is 4. The van der Waals surface area contributed by atoms with Crippen LogP contribution in [0.5, 0.6) is 11.5 Å². The van der Waals surface area contributed by atoms with Crippen molar-refractivity contribution in [3.63, 3.8) is 0 Å². The molecule has 1 N–H and O–H groups in total. The van der Waals surface area contributed by atoms with E-state index in [0.29, 0.717) is 30.2 Å². The zero-order valence-electron chi connectivity index (χ0n) is 18.3. The highest BCUT2D eigenvalue weighted by molar-refractivity contribution is 9.10. The molecular weight excluding hydrogens is 500 g/mol. The van der Waals surface area contributed by atoms with Gasteiger partial charge in [-0.05, 0) is 67.1 Å². The van der Waals surface area contributed by atoms with E-state index in [9.17, 15) is 14.4 Å². The first-order chi connectivity index (χ1) is 16.4. The molecule has 3 aromatic rings. The number of hydrogen-bond acceptors (Lipinski definition) is 5. The predicted molar refractivity (Wildman–Crippen MR) is 132 cm³/mol. The van der Waals surface area contributed by atoms with Crippen molar-refractivity contribution in [2.75, 3.05) is 18.1 Å². The number of carbonyl (C=O) groups excluding carboxylic acids is 3. The second-order valence-corrected chi connectivity index (χ2v) is 8.43. The van der Waals surface area contributed by atoms with E-state index < -0.39 is 17.8 Å². The summed E-state index contributed by atoms with van der Waals surface area (Å²) in [5, 5.41) is 2.22. The van der Waals surface area contributed by atoms with Crippen molar-refractivity contribution in [1.82, 2.24) is 5.32 Å². The SMILES string of the molecule is Cc1ccc(OCCOc2cccc(C=C3C(=O)NC(=O)N(c4ccc(Br)cc4)C3=O)c2)cc1. The number of rotatable bonds is 7. The molecule has 4 amide bonds. The van der Waals surface area contributed by atoms with Gasteiger partial charge < -0.3 is 9.47 Å². The third-order valence-electron chi connectivity index (χ3n) is 5.00. The average Bonchev–Trinajstić information content (AvgIpc) is 2.82. The van der Waals surface area contributed by atoms with Gasteiger partial charge in [-0.25, -0.2) is 9.69 Å². The van der Waals surface area contributed by atoms with Crippen molar-refractivity contribution in [3.8, 4) is 11.5 Å². The van der Waals surface area contributed by atoms with Crippen LogP contribution < -0.4 is 19.7 Å². The molecule has 1 saturated heterocycles. The molecular formula is C26H21BrN2O5. The lowest BCUT2D eigenvalue weighted by Crippen LogP contribution is -2.54. The Morgan fingerprint density at radius 3 is 2.26 bits per heavy atom. The van der Waals surface area contributed by atoms with Crippen molar-refractivity contribution in [2.45, 2.75) is 6.92 Å². The van der Waals surface area contributed by atoms with Crippen LogP contribution in [-0.4, -0.2) is 31.1 Å². The highest BCUT2D eigenvalue weighted by Gasteiger charge is 2.36. The van der Waals surface area contributed by atoms with Gasteiger partial charge in [-0.3, -0.25) is 14.9 Å². The topological polar surface area (TPSA) is 84.9 Å². The van der Waals surface area contributed by atoms with Crippen LogP contribution in [0.4, 0.5) is 10.5 Å². The first-order valence-corrected chi connectivity index (χ1v) is 11.3. The number of benzene rings is 3. The molecule has 0 radical (unpaired) electrons. The summed E-state index contributed by atoms with van der Waals surface area (Å²) in [5.41, 5.74) is 1.95. The summed E-state index contributed by atoms with van der Waals surface area (Å²) in [6, 6.07) is 20.6. The van der Waals surface area contributed by atoms with Gasteiger partial charge in [-0.1, -0.05) is 45.8 Å². The Hall–Kier alpha value is -3.91. The van der Waals surface area contributed by atoms with Crippen LogP contribution in [0.2, 0.25) is 0 Å². The van der Waals surface area contributed by atoms with E-state index in [-0.39, 0.29) is 5.57 Å². The fraction of sp³-hybridized carbons (Fsp3) is 0.115. The van der Waals surface area contributed by atoms with Crippen molar-refractivity contribution in [2.24, 2.45) is 0 Å². The maximum atomic E-state index is 13.0. The lowest BCUT2D eigenvalue weighted by Gasteiger charge is -2.26. The smallest absolute Gasteiger partial charge is 0.335 e. The number of nitrogens with one attached hydrogen (secondary N) is 1. The number of urea groups is 1. The molecule has 1 fully saturated rings. The van der Waals surface area contributed by atoms with Crippen molar-refractivity contribution < 1.29 is 23.9 Å². The van der Waals surface area contributed by atoms with Crippen LogP contribution in [0.25, 0.3) is 6.08 Å². The summed E-state index contributed by atoms with van der Waals surface area (Å²) >= 11 is 3.32. The molecule has 3 aromatic carbocycles. The lowest BCUT2D eigenvalue weighted by molar-refractivity contribution is -0.122. The van der Waals surface area contributed by atoms with Crippen LogP contribution >= 0.6 is 15.9 Å². The Bertz CT molecular complexity index is 1250. The molecule has 34 heavy (non-hydrogen) atoms. The van der Waals surface area contributed by atoms with E-state index in [1.165, 1.54) is 6.08 Å². The second-order valence-electron chi connectivity index (χ2n) is 7.52. The third kappa shape index (κ3) is 5.52. The van der Waals surface area contributed by atoms with Crippen molar-refractivity contribution in [3.05, 3.63) is 94.0 Å². The number of aryl methyl sites for hydroxylation is 1. The minimum Gasteiger partial charge on any atom is -0.490 e.